The molecule has 0 aliphatic heterocycles. The second kappa shape index (κ2) is 14.1. The van der Waals surface area contributed by atoms with Gasteiger partial charge in [-0.3, -0.25) is 4.79 Å². The lowest BCUT2D eigenvalue weighted by atomic mass is 10.2. The van der Waals surface area contributed by atoms with Crippen molar-refractivity contribution in [2.75, 3.05) is 19.8 Å². The lowest BCUT2D eigenvalue weighted by Gasteiger charge is -2.12. The summed E-state index contributed by atoms with van der Waals surface area (Å²) >= 11 is 12.0. The van der Waals surface area contributed by atoms with Crippen molar-refractivity contribution in [1.29, 1.82) is 0 Å². The van der Waals surface area contributed by atoms with Crippen LogP contribution in [-0.2, 0) is 4.79 Å². The first-order valence-electron chi connectivity index (χ1n) is 11.5. The van der Waals surface area contributed by atoms with E-state index in [1.165, 1.54) is 6.21 Å². The molecule has 0 aliphatic carbocycles. The Bertz CT molecular complexity index is 1250. The molecule has 8 nitrogen and oxygen atoms in total. The van der Waals surface area contributed by atoms with E-state index in [2.05, 4.69) is 10.5 Å². The maximum Gasteiger partial charge on any atom is 0.343 e. The van der Waals surface area contributed by atoms with Gasteiger partial charge in [-0.25, -0.2) is 10.2 Å². The summed E-state index contributed by atoms with van der Waals surface area (Å²) in [5, 5.41) is 4.47. The van der Waals surface area contributed by atoms with Crippen molar-refractivity contribution in [2.24, 2.45) is 5.10 Å². The summed E-state index contributed by atoms with van der Waals surface area (Å²) < 4.78 is 22.1. The molecule has 3 rings (SSSR count). The molecule has 0 radical (unpaired) electrons. The maximum absolute atomic E-state index is 12.6. The molecule has 0 heterocycles. The predicted octanol–water partition coefficient (Wildman–Crippen LogP) is 5.93. The topological polar surface area (TPSA) is 95.5 Å². The van der Waals surface area contributed by atoms with E-state index in [1.54, 1.807) is 60.7 Å². The minimum Gasteiger partial charge on any atom is -0.494 e. The van der Waals surface area contributed by atoms with Gasteiger partial charge in [-0.05, 0) is 73.5 Å². The van der Waals surface area contributed by atoms with Gasteiger partial charge in [0.1, 0.15) is 16.5 Å². The zero-order chi connectivity index (χ0) is 26.6. The molecule has 0 atom stereocenters. The van der Waals surface area contributed by atoms with Crippen LogP contribution >= 0.6 is 23.2 Å². The molecule has 0 saturated carbocycles. The SMILES string of the molecule is CCCOc1ccc(C(=O)Oc2ccc(/C=N\NC(=O)COc3cccc(Cl)c3Cl)cc2OCC)cc1. The number of carbonyl (C=O) groups excluding carboxylic acids is 2. The number of nitrogens with one attached hydrogen (secondary N) is 1. The first kappa shape index (κ1) is 27.8. The second-order valence-corrected chi connectivity index (χ2v) is 8.32. The summed E-state index contributed by atoms with van der Waals surface area (Å²) in [5.74, 6) is 0.564. The van der Waals surface area contributed by atoms with Gasteiger partial charge in [-0.2, -0.15) is 5.10 Å². The van der Waals surface area contributed by atoms with Crippen LogP contribution in [0.4, 0.5) is 0 Å². The third-order valence-corrected chi connectivity index (χ3v) is 5.51. The fourth-order valence-corrected chi connectivity index (χ4v) is 3.32. The van der Waals surface area contributed by atoms with E-state index >= 15 is 0 Å². The number of carbonyl (C=O) groups is 2. The fourth-order valence-electron chi connectivity index (χ4n) is 2.97. The fraction of sp³-hybridized carbons (Fsp3) is 0.222. The van der Waals surface area contributed by atoms with Crippen molar-refractivity contribution in [3.05, 3.63) is 81.8 Å². The second-order valence-electron chi connectivity index (χ2n) is 7.54. The summed E-state index contributed by atoms with van der Waals surface area (Å²) in [7, 11) is 0. The van der Waals surface area contributed by atoms with Gasteiger partial charge in [0.25, 0.3) is 5.91 Å². The van der Waals surface area contributed by atoms with Gasteiger partial charge >= 0.3 is 5.97 Å². The van der Waals surface area contributed by atoms with Gasteiger partial charge in [-0.1, -0.05) is 36.2 Å². The molecule has 0 saturated heterocycles. The molecule has 37 heavy (non-hydrogen) atoms. The number of amides is 1. The monoisotopic (exact) mass is 544 g/mol. The number of halogens is 2. The number of nitrogens with zero attached hydrogens (tertiary/aromatic N) is 1. The molecule has 0 bridgehead atoms. The van der Waals surface area contributed by atoms with Gasteiger partial charge in [-0.15, -0.1) is 0 Å². The van der Waals surface area contributed by atoms with E-state index in [-0.39, 0.29) is 17.4 Å². The van der Waals surface area contributed by atoms with Crippen LogP contribution in [0.5, 0.6) is 23.0 Å². The smallest absolute Gasteiger partial charge is 0.343 e. The Morgan fingerprint density at radius 3 is 2.43 bits per heavy atom. The van der Waals surface area contributed by atoms with Crippen LogP contribution in [0.25, 0.3) is 0 Å². The zero-order valence-electron chi connectivity index (χ0n) is 20.3. The molecule has 10 heteroatoms. The number of hydrogen-bond donors (Lipinski definition) is 1. The standard InChI is InChI=1S/C27H26Cl2N2O6/c1-3-14-35-20-11-9-19(10-12-20)27(33)37-22-13-8-18(15-24(22)34-4-2)16-30-31-25(32)17-36-23-7-5-6-21(28)26(23)29/h5-13,15-16H,3-4,14,17H2,1-2H3,(H,31,32)/b30-16-. The Balaban J connectivity index is 1.58. The van der Waals surface area contributed by atoms with Gasteiger partial charge in [0.15, 0.2) is 18.1 Å². The highest BCUT2D eigenvalue weighted by molar-refractivity contribution is 6.42. The predicted molar refractivity (Wildman–Crippen MR) is 142 cm³/mol. The van der Waals surface area contributed by atoms with Gasteiger partial charge in [0.2, 0.25) is 0 Å². The number of benzene rings is 3. The van der Waals surface area contributed by atoms with E-state index in [9.17, 15) is 9.59 Å². The number of hydrogen-bond acceptors (Lipinski definition) is 7. The van der Waals surface area contributed by atoms with Crippen molar-refractivity contribution in [3.63, 3.8) is 0 Å². The van der Waals surface area contributed by atoms with E-state index < -0.39 is 11.9 Å². The molecular formula is C27H26Cl2N2O6. The first-order valence-corrected chi connectivity index (χ1v) is 12.3. The van der Waals surface area contributed by atoms with Crippen LogP contribution in [-0.4, -0.2) is 37.9 Å². The molecular weight excluding hydrogens is 519 g/mol. The van der Waals surface area contributed by atoms with Crippen molar-refractivity contribution >= 4 is 41.3 Å². The van der Waals surface area contributed by atoms with E-state index in [1.807, 2.05) is 13.8 Å². The van der Waals surface area contributed by atoms with Crippen LogP contribution in [0, 0.1) is 0 Å². The molecule has 0 aromatic heterocycles. The normalized spacial score (nSPS) is 10.7. The third-order valence-electron chi connectivity index (χ3n) is 4.71. The number of hydrazone groups is 1. The van der Waals surface area contributed by atoms with E-state index in [0.717, 1.165) is 6.42 Å². The van der Waals surface area contributed by atoms with E-state index in [0.29, 0.717) is 46.6 Å². The Morgan fingerprint density at radius 1 is 0.919 bits per heavy atom. The van der Waals surface area contributed by atoms with Crippen molar-refractivity contribution in [3.8, 4) is 23.0 Å². The lowest BCUT2D eigenvalue weighted by Crippen LogP contribution is -2.24. The lowest BCUT2D eigenvalue weighted by molar-refractivity contribution is -0.123. The molecule has 0 fully saturated rings. The molecule has 0 aliphatic rings. The molecule has 0 unspecified atom stereocenters. The molecule has 0 spiro atoms. The summed E-state index contributed by atoms with van der Waals surface area (Å²) in [4.78, 5) is 24.7. The largest absolute Gasteiger partial charge is 0.494 e. The Morgan fingerprint density at radius 2 is 1.70 bits per heavy atom. The van der Waals surface area contributed by atoms with Crippen molar-refractivity contribution in [2.45, 2.75) is 20.3 Å². The number of ether oxygens (including phenoxy) is 4. The quantitative estimate of drug-likeness (QED) is 0.131. The van der Waals surface area contributed by atoms with Crippen LogP contribution in [0.2, 0.25) is 10.0 Å². The summed E-state index contributed by atoms with van der Waals surface area (Å²) in [6.07, 6.45) is 2.32. The summed E-state index contributed by atoms with van der Waals surface area (Å²) in [6, 6.07) is 16.5. The van der Waals surface area contributed by atoms with Crippen molar-refractivity contribution in [1.82, 2.24) is 5.43 Å². The minimum absolute atomic E-state index is 0.225. The minimum atomic E-state index is -0.531. The molecule has 1 N–H and O–H groups in total. The third kappa shape index (κ3) is 8.41. The number of esters is 1. The maximum atomic E-state index is 12.6. The first-order chi connectivity index (χ1) is 17.9. The van der Waals surface area contributed by atoms with Crippen LogP contribution in [0.15, 0.2) is 65.8 Å². The van der Waals surface area contributed by atoms with Crippen LogP contribution in [0.1, 0.15) is 36.2 Å². The molecule has 3 aromatic carbocycles. The molecule has 194 valence electrons. The van der Waals surface area contributed by atoms with Gasteiger partial charge < -0.3 is 18.9 Å². The highest BCUT2D eigenvalue weighted by Crippen LogP contribution is 2.31. The highest BCUT2D eigenvalue weighted by atomic mass is 35.5. The summed E-state index contributed by atoms with van der Waals surface area (Å²) in [6.45, 7) is 4.49. The van der Waals surface area contributed by atoms with Gasteiger partial charge in [0, 0.05) is 0 Å². The van der Waals surface area contributed by atoms with E-state index in [4.69, 9.17) is 42.1 Å². The van der Waals surface area contributed by atoms with Crippen LogP contribution in [0.3, 0.4) is 0 Å². The Kier molecular flexibility index (Phi) is 10.6. The average Bonchev–Trinajstić information content (AvgIpc) is 2.90. The molecule has 3 aromatic rings. The zero-order valence-corrected chi connectivity index (χ0v) is 21.8. The van der Waals surface area contributed by atoms with Gasteiger partial charge in [0.05, 0.1) is 30.0 Å². The highest BCUT2D eigenvalue weighted by Gasteiger charge is 2.14. The molecule has 1 amide bonds. The van der Waals surface area contributed by atoms with Crippen LogP contribution < -0.4 is 24.4 Å². The number of rotatable bonds is 12. The summed E-state index contributed by atoms with van der Waals surface area (Å²) in [5.41, 5.74) is 3.35. The average molecular weight is 545 g/mol. The Hall–Kier alpha value is -3.75. The Labute approximate surface area is 225 Å². The van der Waals surface area contributed by atoms with Crippen molar-refractivity contribution < 1.29 is 28.5 Å².